The van der Waals surface area contributed by atoms with Crippen molar-refractivity contribution in [3.63, 3.8) is 0 Å². The lowest BCUT2D eigenvalue weighted by Gasteiger charge is -2.19. The van der Waals surface area contributed by atoms with E-state index in [1.807, 2.05) is 12.4 Å². The van der Waals surface area contributed by atoms with Crippen LogP contribution in [0, 0.1) is 12.8 Å². The molecule has 102 valence electrons. The minimum Gasteiger partial charge on any atom is -0.355 e. The molecule has 1 atom stereocenters. The Labute approximate surface area is 115 Å². The van der Waals surface area contributed by atoms with Gasteiger partial charge in [0, 0.05) is 18.9 Å². The summed E-state index contributed by atoms with van der Waals surface area (Å²) < 4.78 is 2.20. The predicted molar refractivity (Wildman–Crippen MR) is 80.5 cm³/mol. The number of nitrogens with zero attached hydrogens (tertiary/aromatic N) is 2. The molecule has 0 amide bonds. The fourth-order valence-electron chi connectivity index (χ4n) is 2.26. The number of hydrogen-bond donors (Lipinski definition) is 1. The van der Waals surface area contributed by atoms with Crippen molar-refractivity contribution in [2.24, 2.45) is 5.92 Å². The molecule has 0 saturated carbocycles. The minimum absolute atomic E-state index is 0.290. The van der Waals surface area contributed by atoms with Crippen molar-refractivity contribution in [1.29, 1.82) is 0 Å². The van der Waals surface area contributed by atoms with Gasteiger partial charge in [0.15, 0.2) is 0 Å². The summed E-state index contributed by atoms with van der Waals surface area (Å²) in [5.74, 6) is 1.56. The molecular weight excluding hydrogens is 234 g/mol. The van der Waals surface area contributed by atoms with Gasteiger partial charge in [-0.3, -0.25) is 0 Å². The van der Waals surface area contributed by atoms with Crippen LogP contribution >= 0.6 is 0 Å². The second kappa shape index (κ2) is 5.91. The summed E-state index contributed by atoms with van der Waals surface area (Å²) in [6.45, 7) is 9.71. The minimum atomic E-state index is 0.290. The standard InChI is InChI=1S/C16H23N3/c1-12(2)11-18-16-17-9-10-19(16)14(4)15-8-6-5-7-13(15)3/h5-10,12,14H,11H2,1-4H3,(H,17,18). The average molecular weight is 257 g/mol. The quantitative estimate of drug-likeness (QED) is 0.881. The van der Waals surface area contributed by atoms with E-state index < -0.39 is 0 Å². The Bertz CT molecular complexity index is 528. The van der Waals surface area contributed by atoms with Crippen LogP contribution in [0.25, 0.3) is 0 Å². The molecule has 3 nitrogen and oxygen atoms in total. The largest absolute Gasteiger partial charge is 0.355 e. The number of aryl methyl sites for hydroxylation is 1. The van der Waals surface area contributed by atoms with Crippen molar-refractivity contribution in [2.45, 2.75) is 33.7 Å². The molecule has 1 heterocycles. The lowest BCUT2D eigenvalue weighted by Crippen LogP contribution is -2.15. The molecule has 0 fully saturated rings. The van der Waals surface area contributed by atoms with Crippen molar-refractivity contribution >= 4 is 5.95 Å². The Kier molecular flexibility index (Phi) is 4.25. The molecule has 3 heteroatoms. The number of anilines is 1. The summed E-state index contributed by atoms with van der Waals surface area (Å²) in [4.78, 5) is 4.42. The molecule has 2 aromatic rings. The van der Waals surface area contributed by atoms with E-state index in [-0.39, 0.29) is 0 Å². The first-order valence-corrected chi connectivity index (χ1v) is 6.92. The molecule has 0 aliphatic heterocycles. The summed E-state index contributed by atoms with van der Waals surface area (Å²) in [7, 11) is 0. The Balaban J connectivity index is 2.22. The summed E-state index contributed by atoms with van der Waals surface area (Å²) >= 11 is 0. The second-order valence-electron chi connectivity index (χ2n) is 5.47. The van der Waals surface area contributed by atoms with Gasteiger partial charge in [-0.1, -0.05) is 38.1 Å². The van der Waals surface area contributed by atoms with Crippen LogP contribution in [0.1, 0.15) is 37.9 Å². The second-order valence-corrected chi connectivity index (χ2v) is 5.47. The fourth-order valence-corrected chi connectivity index (χ4v) is 2.26. The third-order valence-corrected chi connectivity index (χ3v) is 3.39. The third kappa shape index (κ3) is 3.16. The van der Waals surface area contributed by atoms with Gasteiger partial charge in [0.05, 0.1) is 6.04 Å². The van der Waals surface area contributed by atoms with Crippen molar-refractivity contribution in [2.75, 3.05) is 11.9 Å². The molecule has 0 aliphatic rings. The number of hydrogen-bond acceptors (Lipinski definition) is 2. The highest BCUT2D eigenvalue weighted by Gasteiger charge is 2.13. The summed E-state index contributed by atoms with van der Waals surface area (Å²) in [5, 5.41) is 3.41. The van der Waals surface area contributed by atoms with Crippen LogP contribution in [0.3, 0.4) is 0 Å². The van der Waals surface area contributed by atoms with Gasteiger partial charge in [-0.2, -0.15) is 0 Å². The Morgan fingerprint density at radius 2 is 1.95 bits per heavy atom. The van der Waals surface area contributed by atoms with Gasteiger partial charge < -0.3 is 9.88 Å². The maximum absolute atomic E-state index is 4.42. The average Bonchev–Trinajstić information content (AvgIpc) is 2.84. The monoisotopic (exact) mass is 257 g/mol. The fraction of sp³-hybridized carbons (Fsp3) is 0.438. The normalized spacial score (nSPS) is 12.7. The molecule has 0 radical (unpaired) electrons. The first-order valence-electron chi connectivity index (χ1n) is 6.92. The smallest absolute Gasteiger partial charge is 0.203 e. The van der Waals surface area contributed by atoms with Crippen LogP contribution in [0.2, 0.25) is 0 Å². The lowest BCUT2D eigenvalue weighted by molar-refractivity contribution is 0.626. The highest BCUT2D eigenvalue weighted by Crippen LogP contribution is 2.24. The van der Waals surface area contributed by atoms with Crippen molar-refractivity contribution in [3.8, 4) is 0 Å². The molecule has 0 saturated heterocycles. The highest BCUT2D eigenvalue weighted by atomic mass is 15.2. The van der Waals surface area contributed by atoms with Crippen LogP contribution in [-0.4, -0.2) is 16.1 Å². The Morgan fingerprint density at radius 1 is 1.21 bits per heavy atom. The molecule has 1 unspecified atom stereocenters. The lowest BCUT2D eigenvalue weighted by atomic mass is 10.0. The van der Waals surface area contributed by atoms with Gasteiger partial charge in [0.2, 0.25) is 5.95 Å². The summed E-state index contributed by atoms with van der Waals surface area (Å²) in [6, 6.07) is 8.81. The molecule has 0 spiro atoms. The van der Waals surface area contributed by atoms with Gasteiger partial charge in [-0.15, -0.1) is 0 Å². The number of rotatable bonds is 5. The summed E-state index contributed by atoms with van der Waals surface area (Å²) in [6.07, 6.45) is 3.90. The zero-order valence-corrected chi connectivity index (χ0v) is 12.2. The molecule has 2 rings (SSSR count). The van der Waals surface area contributed by atoms with Crippen molar-refractivity contribution < 1.29 is 0 Å². The van der Waals surface area contributed by atoms with E-state index in [1.165, 1.54) is 11.1 Å². The Morgan fingerprint density at radius 3 is 2.63 bits per heavy atom. The van der Waals surface area contributed by atoms with E-state index in [0.29, 0.717) is 12.0 Å². The molecule has 0 bridgehead atoms. The van der Waals surface area contributed by atoms with E-state index in [0.717, 1.165) is 12.5 Å². The molecular formula is C16H23N3. The van der Waals surface area contributed by atoms with Crippen LogP contribution in [0.4, 0.5) is 5.95 Å². The van der Waals surface area contributed by atoms with Crippen LogP contribution in [-0.2, 0) is 0 Å². The maximum atomic E-state index is 4.42. The first kappa shape index (κ1) is 13.7. The molecule has 0 aliphatic carbocycles. The van der Waals surface area contributed by atoms with Crippen LogP contribution < -0.4 is 5.32 Å². The molecule has 1 aromatic heterocycles. The van der Waals surface area contributed by atoms with Gasteiger partial charge in [0.1, 0.15) is 0 Å². The van der Waals surface area contributed by atoms with E-state index in [4.69, 9.17) is 0 Å². The zero-order valence-electron chi connectivity index (χ0n) is 12.2. The van der Waals surface area contributed by atoms with Crippen LogP contribution in [0.5, 0.6) is 0 Å². The number of imidazole rings is 1. The number of aromatic nitrogens is 2. The van der Waals surface area contributed by atoms with Crippen LogP contribution in [0.15, 0.2) is 36.7 Å². The van der Waals surface area contributed by atoms with Gasteiger partial charge in [-0.25, -0.2) is 4.98 Å². The predicted octanol–water partition coefficient (Wildman–Crippen LogP) is 3.87. The highest BCUT2D eigenvalue weighted by molar-refractivity contribution is 5.34. The Hall–Kier alpha value is -1.77. The first-order chi connectivity index (χ1) is 9.09. The van der Waals surface area contributed by atoms with Crippen molar-refractivity contribution in [3.05, 3.63) is 47.8 Å². The molecule has 1 N–H and O–H groups in total. The third-order valence-electron chi connectivity index (χ3n) is 3.39. The summed E-state index contributed by atoms with van der Waals surface area (Å²) in [5.41, 5.74) is 2.66. The van der Waals surface area contributed by atoms with E-state index >= 15 is 0 Å². The van der Waals surface area contributed by atoms with Gasteiger partial charge in [-0.05, 0) is 30.9 Å². The van der Waals surface area contributed by atoms with Gasteiger partial charge in [0.25, 0.3) is 0 Å². The van der Waals surface area contributed by atoms with E-state index in [9.17, 15) is 0 Å². The van der Waals surface area contributed by atoms with Crippen molar-refractivity contribution in [1.82, 2.24) is 9.55 Å². The zero-order chi connectivity index (χ0) is 13.8. The molecule has 19 heavy (non-hydrogen) atoms. The topological polar surface area (TPSA) is 29.9 Å². The number of nitrogens with one attached hydrogen (secondary N) is 1. The maximum Gasteiger partial charge on any atom is 0.203 e. The van der Waals surface area contributed by atoms with E-state index in [1.54, 1.807) is 0 Å². The molecule has 1 aromatic carbocycles. The SMILES string of the molecule is Cc1ccccc1C(C)n1ccnc1NCC(C)C. The van der Waals surface area contributed by atoms with E-state index in [2.05, 4.69) is 66.8 Å². The number of benzene rings is 1. The van der Waals surface area contributed by atoms with Gasteiger partial charge >= 0.3 is 0 Å².